The number of hydrogen-bond acceptors (Lipinski definition) is 4. The highest BCUT2D eigenvalue weighted by Gasteiger charge is 2.45. The average Bonchev–Trinajstić information content (AvgIpc) is 3.37. The maximum atomic E-state index is 14.4. The standard InChI is InChI=1S/C30H27Cl2F3N4O4/c1-2-43-24-17-20(30(33,34)35)7-12-23(24)27-36-25(18-3-8-21(31)9-4-18)26(19-5-10-22(32)11-6-19)39(27)28(40)37-13-15-38(16-14-37)29(41)42/h3-12,17,25-26H,2,13-16H2,1H3,(H,41,42). The van der Waals surface area contributed by atoms with Gasteiger partial charge in [-0.3, -0.25) is 9.89 Å². The van der Waals surface area contributed by atoms with Gasteiger partial charge in [0, 0.05) is 36.2 Å². The molecule has 0 saturated carbocycles. The lowest BCUT2D eigenvalue weighted by atomic mass is 9.93. The summed E-state index contributed by atoms with van der Waals surface area (Å²) in [5.41, 5.74) is 0.718. The molecule has 2 heterocycles. The molecule has 8 nitrogen and oxygen atoms in total. The van der Waals surface area contributed by atoms with Gasteiger partial charge in [-0.25, -0.2) is 9.59 Å². The lowest BCUT2D eigenvalue weighted by Crippen LogP contribution is -2.55. The Kier molecular flexibility index (Phi) is 8.75. The number of carbonyl (C=O) groups is 2. The SMILES string of the molecule is CCOc1cc(C(F)(F)F)ccc1C1=NC(c2ccc(Cl)cc2)C(c2ccc(Cl)cc2)N1C(=O)N1CCN(C(=O)O)CC1. The van der Waals surface area contributed by atoms with E-state index in [4.69, 9.17) is 32.9 Å². The third kappa shape index (κ3) is 6.37. The fraction of sp³-hybridized carbons (Fsp3) is 0.300. The van der Waals surface area contributed by atoms with Crippen molar-refractivity contribution in [2.45, 2.75) is 25.2 Å². The number of amides is 3. The van der Waals surface area contributed by atoms with E-state index in [0.29, 0.717) is 15.6 Å². The summed E-state index contributed by atoms with van der Waals surface area (Å²) in [6, 6.07) is 15.1. The number of amidine groups is 1. The van der Waals surface area contributed by atoms with Crippen molar-refractivity contribution < 1.29 is 32.6 Å². The zero-order chi connectivity index (χ0) is 30.9. The number of carbonyl (C=O) groups excluding carboxylic acids is 1. The van der Waals surface area contributed by atoms with Crippen molar-refractivity contribution >= 4 is 41.2 Å². The Morgan fingerprint density at radius 3 is 2.00 bits per heavy atom. The molecule has 2 aliphatic heterocycles. The van der Waals surface area contributed by atoms with Gasteiger partial charge < -0.3 is 19.6 Å². The van der Waals surface area contributed by atoms with Crippen LogP contribution in [0.4, 0.5) is 22.8 Å². The third-order valence-corrected chi connectivity index (χ3v) is 7.87. The molecule has 0 aromatic heterocycles. The molecule has 0 spiro atoms. The van der Waals surface area contributed by atoms with Crippen LogP contribution in [-0.2, 0) is 6.18 Å². The van der Waals surface area contributed by atoms with Crippen molar-refractivity contribution in [3.05, 3.63) is 99.0 Å². The van der Waals surface area contributed by atoms with Gasteiger partial charge in [-0.05, 0) is 60.5 Å². The summed E-state index contributed by atoms with van der Waals surface area (Å²) in [5.74, 6) is 0.0546. The van der Waals surface area contributed by atoms with Crippen LogP contribution in [0.3, 0.4) is 0 Å². The summed E-state index contributed by atoms with van der Waals surface area (Å²) in [5, 5.41) is 10.4. The topological polar surface area (TPSA) is 85.7 Å². The minimum absolute atomic E-state index is 0.0730. The minimum atomic E-state index is -4.61. The fourth-order valence-corrected chi connectivity index (χ4v) is 5.51. The Hall–Kier alpha value is -3.96. The molecule has 1 N–H and O–H groups in total. The van der Waals surface area contributed by atoms with Gasteiger partial charge in [0.25, 0.3) is 0 Å². The van der Waals surface area contributed by atoms with Gasteiger partial charge in [0.05, 0.1) is 23.8 Å². The molecule has 3 aromatic rings. The maximum Gasteiger partial charge on any atom is 0.416 e. The Labute approximate surface area is 255 Å². The summed E-state index contributed by atoms with van der Waals surface area (Å²) in [4.78, 5) is 35.0. The molecule has 3 aromatic carbocycles. The summed E-state index contributed by atoms with van der Waals surface area (Å²) in [7, 11) is 0. The molecule has 0 bridgehead atoms. The first-order chi connectivity index (χ1) is 20.5. The summed E-state index contributed by atoms with van der Waals surface area (Å²) >= 11 is 12.3. The maximum absolute atomic E-state index is 14.4. The number of benzene rings is 3. The molecule has 3 amide bonds. The number of halogens is 5. The molecular weight excluding hydrogens is 608 g/mol. The number of aliphatic imine (C=N–C) groups is 1. The van der Waals surface area contributed by atoms with Crippen LogP contribution in [0, 0.1) is 0 Å². The van der Waals surface area contributed by atoms with Gasteiger partial charge >= 0.3 is 18.3 Å². The molecule has 226 valence electrons. The second kappa shape index (κ2) is 12.3. The third-order valence-electron chi connectivity index (χ3n) is 7.37. The quantitative estimate of drug-likeness (QED) is 0.317. The highest BCUT2D eigenvalue weighted by Crippen LogP contribution is 2.46. The van der Waals surface area contributed by atoms with Crippen LogP contribution in [0.2, 0.25) is 10.0 Å². The molecule has 2 unspecified atom stereocenters. The van der Waals surface area contributed by atoms with E-state index in [1.165, 1.54) is 20.8 Å². The molecule has 43 heavy (non-hydrogen) atoms. The lowest BCUT2D eigenvalue weighted by Gasteiger charge is -2.38. The highest BCUT2D eigenvalue weighted by atomic mass is 35.5. The number of alkyl halides is 3. The fourth-order valence-electron chi connectivity index (χ4n) is 5.25. The van der Waals surface area contributed by atoms with Crippen LogP contribution in [0.15, 0.2) is 71.7 Å². The molecule has 13 heteroatoms. The summed E-state index contributed by atoms with van der Waals surface area (Å²) in [6.07, 6.45) is -5.69. The first-order valence-corrected chi connectivity index (χ1v) is 14.2. The monoisotopic (exact) mass is 634 g/mol. The highest BCUT2D eigenvalue weighted by molar-refractivity contribution is 6.30. The molecule has 2 atom stereocenters. The first kappa shape index (κ1) is 30.5. The van der Waals surface area contributed by atoms with E-state index in [-0.39, 0.29) is 49.9 Å². The van der Waals surface area contributed by atoms with E-state index >= 15 is 0 Å². The molecule has 2 aliphatic rings. The number of nitrogens with zero attached hydrogens (tertiary/aromatic N) is 4. The molecule has 5 rings (SSSR count). The zero-order valence-electron chi connectivity index (χ0n) is 22.9. The Morgan fingerprint density at radius 2 is 1.47 bits per heavy atom. The van der Waals surface area contributed by atoms with Crippen LogP contribution in [0.25, 0.3) is 0 Å². The second-order valence-corrected chi connectivity index (χ2v) is 10.9. The molecule has 1 saturated heterocycles. The van der Waals surface area contributed by atoms with Crippen molar-refractivity contribution in [1.29, 1.82) is 0 Å². The zero-order valence-corrected chi connectivity index (χ0v) is 24.4. The van der Waals surface area contributed by atoms with Crippen LogP contribution in [0.1, 0.15) is 41.3 Å². The van der Waals surface area contributed by atoms with Crippen molar-refractivity contribution in [1.82, 2.24) is 14.7 Å². The van der Waals surface area contributed by atoms with Gasteiger partial charge in [0.1, 0.15) is 17.6 Å². The number of hydrogen-bond donors (Lipinski definition) is 1. The van der Waals surface area contributed by atoms with Crippen LogP contribution < -0.4 is 4.74 Å². The van der Waals surface area contributed by atoms with Crippen molar-refractivity contribution in [2.75, 3.05) is 32.8 Å². The molecular formula is C30H27Cl2F3N4O4. The number of rotatable bonds is 5. The van der Waals surface area contributed by atoms with E-state index in [0.717, 1.165) is 17.7 Å². The Bertz CT molecular complexity index is 1530. The number of piperazine rings is 1. The smallest absolute Gasteiger partial charge is 0.416 e. The Morgan fingerprint density at radius 1 is 0.907 bits per heavy atom. The average molecular weight is 635 g/mol. The predicted octanol–water partition coefficient (Wildman–Crippen LogP) is 7.37. The summed E-state index contributed by atoms with van der Waals surface area (Å²) < 4.78 is 46.7. The van der Waals surface area contributed by atoms with Crippen molar-refractivity contribution in [2.24, 2.45) is 4.99 Å². The molecule has 0 radical (unpaired) electrons. The van der Waals surface area contributed by atoms with E-state index in [2.05, 4.69) is 0 Å². The van der Waals surface area contributed by atoms with E-state index in [1.54, 1.807) is 55.5 Å². The van der Waals surface area contributed by atoms with Gasteiger partial charge in [0.15, 0.2) is 0 Å². The van der Waals surface area contributed by atoms with Crippen molar-refractivity contribution in [3.8, 4) is 5.75 Å². The second-order valence-electron chi connectivity index (χ2n) is 10.00. The number of urea groups is 1. The normalized spacial score (nSPS) is 18.9. The largest absolute Gasteiger partial charge is 0.493 e. The van der Waals surface area contributed by atoms with Gasteiger partial charge in [-0.2, -0.15) is 13.2 Å². The van der Waals surface area contributed by atoms with Crippen LogP contribution in [0.5, 0.6) is 5.75 Å². The predicted molar refractivity (Wildman–Crippen MR) is 156 cm³/mol. The first-order valence-electron chi connectivity index (χ1n) is 13.5. The van der Waals surface area contributed by atoms with E-state index < -0.39 is 35.9 Å². The summed E-state index contributed by atoms with van der Waals surface area (Å²) in [6.45, 7) is 2.20. The van der Waals surface area contributed by atoms with Gasteiger partial charge in [-0.1, -0.05) is 47.5 Å². The van der Waals surface area contributed by atoms with Crippen molar-refractivity contribution in [3.63, 3.8) is 0 Å². The van der Waals surface area contributed by atoms with Crippen LogP contribution >= 0.6 is 23.2 Å². The number of ether oxygens (including phenoxy) is 1. The molecule has 1 fully saturated rings. The molecule has 0 aliphatic carbocycles. The number of carboxylic acid groups (broad SMARTS) is 1. The van der Waals surface area contributed by atoms with Gasteiger partial charge in [0.2, 0.25) is 0 Å². The Balaban J connectivity index is 1.67. The lowest BCUT2D eigenvalue weighted by molar-refractivity contribution is -0.137. The van der Waals surface area contributed by atoms with Crippen LogP contribution in [-0.4, -0.2) is 70.6 Å². The van der Waals surface area contributed by atoms with Gasteiger partial charge in [-0.15, -0.1) is 0 Å². The minimum Gasteiger partial charge on any atom is -0.493 e. The van der Waals surface area contributed by atoms with E-state index in [1.807, 2.05) is 0 Å². The van der Waals surface area contributed by atoms with E-state index in [9.17, 15) is 27.9 Å².